The van der Waals surface area contributed by atoms with E-state index in [9.17, 15) is 4.79 Å². The highest BCUT2D eigenvalue weighted by Crippen LogP contribution is 2.19. The van der Waals surface area contributed by atoms with Crippen molar-refractivity contribution in [2.45, 2.75) is 32.9 Å². The van der Waals surface area contributed by atoms with Gasteiger partial charge in [-0.25, -0.2) is 4.98 Å². The molecule has 1 amide bonds. The largest absolute Gasteiger partial charge is 0.349 e. The second kappa shape index (κ2) is 7.22. The van der Waals surface area contributed by atoms with Crippen LogP contribution >= 0.6 is 0 Å². The summed E-state index contributed by atoms with van der Waals surface area (Å²) in [5.74, 6) is 0.173. The Morgan fingerprint density at radius 1 is 1.43 bits per heavy atom. The summed E-state index contributed by atoms with van der Waals surface area (Å²) in [5.41, 5.74) is 2.27. The van der Waals surface area contributed by atoms with Crippen molar-refractivity contribution in [3.05, 3.63) is 30.1 Å². The van der Waals surface area contributed by atoms with Crippen LogP contribution < -0.4 is 5.32 Å². The first-order valence-corrected chi connectivity index (χ1v) is 7.47. The Bertz CT molecular complexity index is 603. The smallest absolute Gasteiger partial charge is 0.222 e. The first-order valence-electron chi connectivity index (χ1n) is 7.47. The average Bonchev–Trinajstić information content (AvgIpc) is 2.83. The lowest BCUT2D eigenvalue weighted by Crippen LogP contribution is -2.21. The third-order valence-electron chi connectivity index (χ3n) is 3.57. The van der Waals surface area contributed by atoms with Crippen LogP contribution in [0.5, 0.6) is 0 Å². The van der Waals surface area contributed by atoms with Crippen molar-refractivity contribution < 1.29 is 4.79 Å². The third kappa shape index (κ3) is 3.82. The molecule has 2 aromatic rings. The van der Waals surface area contributed by atoms with Gasteiger partial charge in [-0.1, -0.05) is 6.92 Å². The number of rotatable bonds is 7. The number of carbonyl (C=O) groups excluding carboxylic acids is 1. The molecule has 0 aliphatic heterocycles. The Labute approximate surface area is 126 Å². The van der Waals surface area contributed by atoms with Gasteiger partial charge in [0.1, 0.15) is 5.65 Å². The number of nitrogens with zero attached hydrogens (tertiary/aromatic N) is 3. The number of carbonyl (C=O) groups is 1. The molecule has 2 rings (SSSR count). The number of nitrogens with one attached hydrogen (secondary N) is 1. The van der Waals surface area contributed by atoms with E-state index in [0.29, 0.717) is 6.42 Å². The number of aromatic nitrogens is 2. The number of amides is 1. The number of pyridine rings is 1. The summed E-state index contributed by atoms with van der Waals surface area (Å²) in [4.78, 5) is 17.8. The minimum atomic E-state index is 0.173. The van der Waals surface area contributed by atoms with E-state index in [1.807, 2.05) is 12.3 Å². The SMILES string of the molecule is CCNCc1cn(CCCC(=O)N(C)C)c2ncccc12. The number of hydrogen-bond donors (Lipinski definition) is 1. The van der Waals surface area contributed by atoms with Crippen LogP contribution in [0.25, 0.3) is 11.0 Å². The third-order valence-corrected chi connectivity index (χ3v) is 3.57. The van der Waals surface area contributed by atoms with Gasteiger partial charge < -0.3 is 14.8 Å². The van der Waals surface area contributed by atoms with Gasteiger partial charge in [-0.15, -0.1) is 0 Å². The lowest BCUT2D eigenvalue weighted by atomic mass is 10.2. The van der Waals surface area contributed by atoms with Gasteiger partial charge in [0.05, 0.1) is 0 Å². The van der Waals surface area contributed by atoms with E-state index in [1.165, 1.54) is 10.9 Å². The van der Waals surface area contributed by atoms with Crippen LogP contribution in [-0.4, -0.2) is 41.0 Å². The maximum atomic E-state index is 11.6. The zero-order chi connectivity index (χ0) is 15.2. The van der Waals surface area contributed by atoms with Crippen LogP contribution in [-0.2, 0) is 17.9 Å². The number of hydrogen-bond acceptors (Lipinski definition) is 3. The Hall–Kier alpha value is -1.88. The Morgan fingerprint density at radius 3 is 2.95 bits per heavy atom. The molecule has 0 aliphatic carbocycles. The van der Waals surface area contributed by atoms with Crippen LogP contribution in [0.3, 0.4) is 0 Å². The summed E-state index contributed by atoms with van der Waals surface area (Å²) in [6.45, 7) is 4.72. The van der Waals surface area contributed by atoms with Gasteiger partial charge in [0, 0.05) is 51.4 Å². The fraction of sp³-hybridized carbons (Fsp3) is 0.500. The fourth-order valence-corrected chi connectivity index (χ4v) is 2.39. The molecule has 5 heteroatoms. The van der Waals surface area contributed by atoms with E-state index in [2.05, 4.69) is 34.1 Å². The van der Waals surface area contributed by atoms with Gasteiger partial charge in [-0.2, -0.15) is 0 Å². The van der Waals surface area contributed by atoms with Crippen LogP contribution in [0, 0.1) is 0 Å². The topological polar surface area (TPSA) is 50.2 Å². The van der Waals surface area contributed by atoms with Crippen LogP contribution in [0.4, 0.5) is 0 Å². The maximum Gasteiger partial charge on any atom is 0.222 e. The van der Waals surface area contributed by atoms with Crippen molar-refractivity contribution in [2.75, 3.05) is 20.6 Å². The van der Waals surface area contributed by atoms with Crippen LogP contribution in [0.15, 0.2) is 24.5 Å². The quantitative estimate of drug-likeness (QED) is 0.848. The number of fused-ring (bicyclic) bond motifs is 1. The summed E-state index contributed by atoms with van der Waals surface area (Å²) in [6, 6.07) is 4.08. The standard InChI is InChI=1S/C16H24N4O/c1-4-17-11-13-12-20(10-6-8-15(21)19(2)3)16-14(13)7-5-9-18-16/h5,7,9,12,17H,4,6,8,10-11H2,1-3H3. The molecule has 0 radical (unpaired) electrons. The highest BCUT2D eigenvalue weighted by Gasteiger charge is 2.10. The van der Waals surface area contributed by atoms with Gasteiger partial charge in [0.15, 0.2) is 0 Å². The zero-order valence-corrected chi connectivity index (χ0v) is 13.1. The molecule has 114 valence electrons. The van der Waals surface area contributed by atoms with Crippen molar-refractivity contribution >= 4 is 16.9 Å². The lowest BCUT2D eigenvalue weighted by molar-refractivity contribution is -0.128. The lowest BCUT2D eigenvalue weighted by Gasteiger charge is -2.10. The highest BCUT2D eigenvalue weighted by molar-refractivity contribution is 5.80. The molecule has 0 unspecified atom stereocenters. The highest BCUT2D eigenvalue weighted by atomic mass is 16.2. The van der Waals surface area contributed by atoms with Crippen molar-refractivity contribution in [2.24, 2.45) is 0 Å². The van der Waals surface area contributed by atoms with Crippen LogP contribution in [0.2, 0.25) is 0 Å². The molecule has 0 fully saturated rings. The van der Waals surface area contributed by atoms with Crippen molar-refractivity contribution in [3.63, 3.8) is 0 Å². The van der Waals surface area contributed by atoms with Gasteiger partial charge in [0.25, 0.3) is 0 Å². The van der Waals surface area contributed by atoms with Crippen molar-refractivity contribution in [1.29, 1.82) is 0 Å². The molecule has 0 saturated heterocycles. The first-order chi connectivity index (χ1) is 10.1. The first kappa shape index (κ1) is 15.5. The van der Waals surface area contributed by atoms with E-state index < -0.39 is 0 Å². The molecule has 5 nitrogen and oxygen atoms in total. The second-order valence-corrected chi connectivity index (χ2v) is 5.39. The van der Waals surface area contributed by atoms with Gasteiger partial charge in [-0.05, 0) is 30.7 Å². The fourth-order valence-electron chi connectivity index (χ4n) is 2.39. The van der Waals surface area contributed by atoms with Gasteiger partial charge in [-0.3, -0.25) is 4.79 Å². The Balaban J connectivity index is 2.10. The predicted octanol–water partition coefficient (Wildman–Crippen LogP) is 2.01. The molecule has 0 saturated carbocycles. The van der Waals surface area contributed by atoms with E-state index in [1.54, 1.807) is 19.0 Å². The minimum Gasteiger partial charge on any atom is -0.349 e. The normalized spacial score (nSPS) is 11.0. The molecule has 0 bridgehead atoms. The molecule has 1 N–H and O–H groups in total. The summed E-state index contributed by atoms with van der Waals surface area (Å²) in [7, 11) is 3.59. The molecule has 2 aromatic heterocycles. The molecular formula is C16H24N4O. The summed E-state index contributed by atoms with van der Waals surface area (Å²) in [5, 5.41) is 4.55. The molecule has 0 atom stereocenters. The molecule has 2 heterocycles. The average molecular weight is 288 g/mol. The Kier molecular flexibility index (Phi) is 5.33. The summed E-state index contributed by atoms with van der Waals surface area (Å²) >= 11 is 0. The van der Waals surface area contributed by atoms with Gasteiger partial charge >= 0.3 is 0 Å². The molecule has 0 aliphatic rings. The molecular weight excluding hydrogens is 264 g/mol. The molecule has 21 heavy (non-hydrogen) atoms. The summed E-state index contributed by atoms with van der Waals surface area (Å²) in [6.07, 6.45) is 5.38. The summed E-state index contributed by atoms with van der Waals surface area (Å²) < 4.78 is 2.16. The van der Waals surface area contributed by atoms with E-state index in [4.69, 9.17) is 0 Å². The van der Waals surface area contributed by atoms with E-state index in [0.717, 1.165) is 31.7 Å². The van der Waals surface area contributed by atoms with Crippen LogP contribution in [0.1, 0.15) is 25.3 Å². The Morgan fingerprint density at radius 2 is 2.24 bits per heavy atom. The second-order valence-electron chi connectivity index (χ2n) is 5.39. The van der Waals surface area contributed by atoms with E-state index in [-0.39, 0.29) is 5.91 Å². The van der Waals surface area contributed by atoms with Crippen molar-refractivity contribution in [1.82, 2.24) is 19.8 Å². The van der Waals surface area contributed by atoms with E-state index >= 15 is 0 Å². The predicted molar refractivity (Wildman–Crippen MR) is 85.0 cm³/mol. The van der Waals surface area contributed by atoms with Gasteiger partial charge in [0.2, 0.25) is 5.91 Å². The zero-order valence-electron chi connectivity index (χ0n) is 13.1. The molecule has 0 aromatic carbocycles. The number of aryl methyl sites for hydroxylation is 1. The monoisotopic (exact) mass is 288 g/mol. The minimum absolute atomic E-state index is 0.173. The van der Waals surface area contributed by atoms with Crippen molar-refractivity contribution in [3.8, 4) is 0 Å². The molecule has 0 spiro atoms. The maximum absolute atomic E-state index is 11.6.